The molecule has 2 aliphatic rings. The van der Waals surface area contributed by atoms with Crippen LogP contribution in [0.5, 0.6) is 0 Å². The highest BCUT2D eigenvalue weighted by atomic mass is 15.2. The van der Waals surface area contributed by atoms with Crippen molar-refractivity contribution in [2.45, 2.75) is 71.6 Å². The fraction of sp³-hybridized carbons (Fsp3) is 0.208. The van der Waals surface area contributed by atoms with E-state index in [0.29, 0.717) is 0 Å². The van der Waals surface area contributed by atoms with Crippen LogP contribution in [0, 0.1) is 6.92 Å². The van der Waals surface area contributed by atoms with E-state index in [1.165, 1.54) is 89.3 Å². The molecule has 0 saturated carbocycles. The van der Waals surface area contributed by atoms with Gasteiger partial charge in [0, 0.05) is 16.5 Å². The van der Waals surface area contributed by atoms with Crippen LogP contribution in [0.2, 0.25) is 0 Å². The lowest BCUT2D eigenvalue weighted by molar-refractivity contribution is 0.580. The van der Waals surface area contributed by atoms with Gasteiger partial charge in [0.15, 0.2) is 0 Å². The lowest BCUT2D eigenvalue weighted by Gasteiger charge is -2.42. The molecule has 54 heavy (non-hydrogen) atoms. The summed E-state index contributed by atoms with van der Waals surface area (Å²) < 4.78 is 0. The number of benzene rings is 7. The van der Waals surface area contributed by atoms with Crippen LogP contribution in [0.15, 0.2) is 152 Å². The largest absolute Gasteiger partial charge is 0.310 e. The molecule has 266 valence electrons. The lowest BCUT2D eigenvalue weighted by atomic mass is 9.72. The van der Waals surface area contributed by atoms with Crippen LogP contribution < -0.4 is 4.90 Å². The first-order valence-corrected chi connectivity index (χ1v) is 19.4. The monoisotopic (exact) mass is 699 g/mol. The van der Waals surface area contributed by atoms with Gasteiger partial charge in [0.25, 0.3) is 0 Å². The van der Waals surface area contributed by atoms with Crippen molar-refractivity contribution < 1.29 is 0 Å². The third-order valence-corrected chi connectivity index (χ3v) is 12.3. The zero-order valence-electron chi connectivity index (χ0n) is 32.9. The molecule has 9 rings (SSSR count). The maximum atomic E-state index is 2.50. The van der Waals surface area contributed by atoms with Crippen molar-refractivity contribution in [2.24, 2.45) is 0 Å². The minimum absolute atomic E-state index is 0.0699. The third-order valence-electron chi connectivity index (χ3n) is 12.3. The molecule has 0 bridgehead atoms. The lowest BCUT2D eigenvalue weighted by Crippen LogP contribution is -2.30. The van der Waals surface area contributed by atoms with Crippen molar-refractivity contribution in [3.05, 3.63) is 185 Å². The second-order valence-electron chi connectivity index (χ2n) is 17.5. The van der Waals surface area contributed by atoms with Crippen LogP contribution >= 0.6 is 0 Å². The molecule has 0 unspecified atom stereocenters. The molecule has 1 nitrogen and oxygen atoms in total. The fourth-order valence-corrected chi connectivity index (χ4v) is 9.42. The average molecular weight is 700 g/mol. The van der Waals surface area contributed by atoms with Gasteiger partial charge in [-0.2, -0.15) is 0 Å². The van der Waals surface area contributed by atoms with Gasteiger partial charge in [-0.25, -0.2) is 0 Å². The fourth-order valence-electron chi connectivity index (χ4n) is 9.42. The highest BCUT2D eigenvalue weighted by Gasteiger charge is 2.39. The van der Waals surface area contributed by atoms with Crippen LogP contribution in [-0.2, 0) is 16.2 Å². The molecule has 0 atom stereocenters. The van der Waals surface area contributed by atoms with E-state index in [9.17, 15) is 0 Å². The summed E-state index contributed by atoms with van der Waals surface area (Å²) in [5.74, 6) is 0. The van der Waals surface area contributed by atoms with Crippen LogP contribution in [-0.4, -0.2) is 0 Å². The molecule has 1 heteroatoms. The Kier molecular flexibility index (Phi) is 7.70. The van der Waals surface area contributed by atoms with E-state index in [4.69, 9.17) is 0 Å². The number of fused-ring (bicyclic) bond motifs is 5. The third kappa shape index (κ3) is 5.28. The molecular formula is C53H49N. The first-order valence-electron chi connectivity index (χ1n) is 19.4. The summed E-state index contributed by atoms with van der Waals surface area (Å²) in [4.78, 5) is 2.48. The van der Waals surface area contributed by atoms with Crippen molar-refractivity contribution in [3.8, 4) is 44.5 Å². The molecular weight excluding hydrogens is 651 g/mol. The Morgan fingerprint density at radius 1 is 0.426 bits per heavy atom. The van der Waals surface area contributed by atoms with Crippen LogP contribution in [0.1, 0.15) is 81.8 Å². The minimum atomic E-state index is -0.216. The maximum absolute atomic E-state index is 2.50. The van der Waals surface area contributed by atoms with Crippen molar-refractivity contribution in [1.29, 1.82) is 0 Å². The number of hydrogen-bond donors (Lipinski definition) is 0. The number of hydrogen-bond acceptors (Lipinski definition) is 1. The Morgan fingerprint density at radius 2 is 0.944 bits per heavy atom. The molecule has 0 saturated heterocycles. The Morgan fingerprint density at radius 3 is 1.48 bits per heavy atom. The van der Waals surface area contributed by atoms with E-state index in [1.807, 2.05) is 0 Å². The van der Waals surface area contributed by atoms with E-state index in [0.717, 1.165) is 5.69 Å². The predicted molar refractivity (Wildman–Crippen MR) is 231 cm³/mol. The van der Waals surface area contributed by atoms with Crippen LogP contribution in [0.4, 0.5) is 17.1 Å². The molecule has 0 aromatic heterocycles. The molecule has 0 N–H and O–H groups in total. The first kappa shape index (κ1) is 34.1. The Hall–Kier alpha value is -5.66. The van der Waals surface area contributed by atoms with Gasteiger partial charge in [-0.05, 0) is 127 Å². The van der Waals surface area contributed by atoms with Gasteiger partial charge in [0.2, 0.25) is 0 Å². The van der Waals surface area contributed by atoms with Gasteiger partial charge in [0.1, 0.15) is 0 Å². The molecule has 1 aliphatic carbocycles. The zero-order valence-corrected chi connectivity index (χ0v) is 32.9. The summed E-state index contributed by atoms with van der Waals surface area (Å²) in [6, 6.07) is 56.8. The highest BCUT2D eigenvalue weighted by molar-refractivity contribution is 5.94. The number of anilines is 3. The summed E-state index contributed by atoms with van der Waals surface area (Å²) in [7, 11) is 0. The second kappa shape index (κ2) is 12.2. The van der Waals surface area contributed by atoms with Gasteiger partial charge in [-0.3, -0.25) is 0 Å². The van der Waals surface area contributed by atoms with E-state index < -0.39 is 0 Å². The minimum Gasteiger partial charge on any atom is -0.310 e. The zero-order chi connectivity index (χ0) is 37.6. The molecule has 7 aromatic carbocycles. The van der Waals surface area contributed by atoms with Gasteiger partial charge >= 0.3 is 0 Å². The van der Waals surface area contributed by atoms with Crippen molar-refractivity contribution in [3.63, 3.8) is 0 Å². The second-order valence-corrected chi connectivity index (χ2v) is 17.5. The Labute approximate surface area is 322 Å². The summed E-state index contributed by atoms with van der Waals surface area (Å²) >= 11 is 0. The smallest absolute Gasteiger partial charge is 0.0503 e. The summed E-state index contributed by atoms with van der Waals surface area (Å²) in [6.07, 6.45) is 0. The summed E-state index contributed by atoms with van der Waals surface area (Å²) in [6.45, 7) is 18.8. The molecule has 0 amide bonds. The highest BCUT2D eigenvalue weighted by Crippen LogP contribution is 2.55. The van der Waals surface area contributed by atoms with Crippen molar-refractivity contribution in [1.82, 2.24) is 0 Å². The Balaban J connectivity index is 1.19. The first-order chi connectivity index (χ1) is 25.8. The summed E-state index contributed by atoms with van der Waals surface area (Å²) in [5, 5.41) is 0. The van der Waals surface area contributed by atoms with Crippen LogP contribution in [0.25, 0.3) is 44.5 Å². The number of nitrogens with zero attached hydrogens (tertiary/aromatic N) is 1. The topological polar surface area (TPSA) is 3.24 Å². The van der Waals surface area contributed by atoms with E-state index in [-0.39, 0.29) is 16.2 Å². The Bertz CT molecular complexity index is 2470. The number of aryl methyl sites for hydroxylation is 1. The van der Waals surface area contributed by atoms with Gasteiger partial charge in [-0.15, -0.1) is 0 Å². The van der Waals surface area contributed by atoms with Gasteiger partial charge in [0.05, 0.1) is 11.4 Å². The van der Waals surface area contributed by atoms with Gasteiger partial charge < -0.3 is 4.90 Å². The number of rotatable bonds is 4. The molecule has 1 heterocycles. The molecule has 0 radical (unpaired) electrons. The predicted octanol–water partition coefficient (Wildman–Crippen LogP) is 14.7. The van der Waals surface area contributed by atoms with Crippen molar-refractivity contribution in [2.75, 3.05) is 4.90 Å². The van der Waals surface area contributed by atoms with E-state index in [1.54, 1.807) is 0 Å². The molecule has 1 aliphatic heterocycles. The van der Waals surface area contributed by atoms with Crippen molar-refractivity contribution >= 4 is 17.1 Å². The standard InChI is InChI=1S/C53H49N/c1-34-30-42-45(33-44(34)51(2,3)4)52(5,6)43-21-15-20-41(50(42)43)37-22-26-40(27-23-37)54-48-28-24-38(35-16-11-9-12-17-35)31-46(48)53(7,8)47-32-39(25-29-49(47)54)36-18-13-10-14-19-36/h9-33H,1-8H3. The normalized spacial score (nSPS) is 14.9. The maximum Gasteiger partial charge on any atom is 0.0503 e. The van der Waals surface area contributed by atoms with Gasteiger partial charge in [-0.1, -0.05) is 164 Å². The van der Waals surface area contributed by atoms with Crippen LogP contribution in [0.3, 0.4) is 0 Å². The average Bonchev–Trinajstić information content (AvgIpc) is 3.40. The summed E-state index contributed by atoms with van der Waals surface area (Å²) in [5.41, 5.74) is 22.0. The molecule has 0 fully saturated rings. The van der Waals surface area contributed by atoms with E-state index in [2.05, 4.69) is 212 Å². The SMILES string of the molecule is Cc1cc2c(cc1C(C)(C)C)C(C)(C)c1cccc(-c3ccc(N4c5ccc(-c6ccccc6)cc5C(C)(C)c5cc(-c6ccccc6)ccc54)cc3)c1-2. The van der Waals surface area contributed by atoms with E-state index >= 15 is 0 Å². The quantitative estimate of drug-likeness (QED) is 0.177. The molecule has 7 aromatic rings. The molecule has 0 spiro atoms.